The molecule has 1 saturated heterocycles. The van der Waals surface area contributed by atoms with Gasteiger partial charge in [0.2, 0.25) is 5.88 Å². The van der Waals surface area contributed by atoms with Crippen LogP contribution in [0.25, 0.3) is 0 Å². The number of hydrogen-bond acceptors (Lipinski definition) is 8. The molecule has 0 bridgehead atoms. The van der Waals surface area contributed by atoms with E-state index in [-0.39, 0.29) is 41.4 Å². The molecule has 4 rings (SSSR count). The fourth-order valence-corrected chi connectivity index (χ4v) is 4.36. The number of aromatic nitrogens is 2. The summed E-state index contributed by atoms with van der Waals surface area (Å²) in [4.78, 5) is 24.5. The van der Waals surface area contributed by atoms with Crippen LogP contribution < -0.4 is 15.8 Å². The topological polar surface area (TPSA) is 136 Å². The van der Waals surface area contributed by atoms with Crippen molar-refractivity contribution < 1.29 is 27.4 Å². The maximum absolute atomic E-state index is 15.1. The molecule has 1 amide bonds. The van der Waals surface area contributed by atoms with Gasteiger partial charge in [0.15, 0.2) is 0 Å². The first-order valence-corrected chi connectivity index (χ1v) is 10.3. The highest BCUT2D eigenvalue weighted by Gasteiger charge is 2.57. The fraction of sp³-hybridized carbons (Fsp3) is 0.409. The predicted molar refractivity (Wildman–Crippen MR) is 114 cm³/mol. The standard InChI is InChI=1S/C22H21F3N6O3/c1-11-14-6-21(2,9-26)19(27)31-22(14,10-33-11)13-5-12(3-4-15(13)23)30-18(32)16-7-29-17(8-28-16)34-20(24)25/h3-5,7-8,11,14,20H,6,10H2,1-2H3,(H2,27,31)(H,30,32)/t11?,14-,21+,22-/m1/s1. The minimum absolute atomic E-state index is 0.0619. The summed E-state index contributed by atoms with van der Waals surface area (Å²) in [5, 5.41) is 12.2. The van der Waals surface area contributed by atoms with Crippen LogP contribution in [-0.2, 0) is 10.3 Å². The molecule has 2 aliphatic heterocycles. The monoisotopic (exact) mass is 474 g/mol. The highest BCUT2D eigenvalue weighted by atomic mass is 19.3. The Kier molecular flexibility index (Phi) is 5.91. The molecular weight excluding hydrogens is 453 g/mol. The van der Waals surface area contributed by atoms with Gasteiger partial charge in [-0.15, -0.1) is 0 Å². The highest BCUT2D eigenvalue weighted by molar-refractivity contribution is 6.02. The minimum atomic E-state index is -3.07. The van der Waals surface area contributed by atoms with E-state index in [0.29, 0.717) is 6.42 Å². The Labute approximate surface area is 192 Å². The Hall–Kier alpha value is -3.72. The molecule has 2 aliphatic rings. The molecule has 9 nitrogen and oxygen atoms in total. The van der Waals surface area contributed by atoms with Crippen molar-refractivity contribution in [3.05, 3.63) is 47.7 Å². The number of nitriles is 1. The van der Waals surface area contributed by atoms with Crippen LogP contribution in [0.5, 0.6) is 5.88 Å². The lowest BCUT2D eigenvalue weighted by Crippen LogP contribution is -2.49. The molecule has 1 aromatic heterocycles. The van der Waals surface area contributed by atoms with Crippen molar-refractivity contribution in [2.45, 2.75) is 38.5 Å². The van der Waals surface area contributed by atoms with E-state index in [2.05, 4.69) is 31.1 Å². The summed E-state index contributed by atoms with van der Waals surface area (Å²) in [7, 11) is 0. The maximum atomic E-state index is 15.1. The number of hydrogen-bond donors (Lipinski definition) is 2. The van der Waals surface area contributed by atoms with Gasteiger partial charge in [0.1, 0.15) is 28.3 Å². The van der Waals surface area contributed by atoms with Crippen LogP contribution in [0.2, 0.25) is 0 Å². The number of carbonyl (C=O) groups is 1. The molecule has 3 N–H and O–H groups in total. The summed E-state index contributed by atoms with van der Waals surface area (Å²) >= 11 is 0. The molecule has 1 fully saturated rings. The zero-order valence-corrected chi connectivity index (χ0v) is 18.3. The van der Waals surface area contributed by atoms with E-state index in [1.54, 1.807) is 6.92 Å². The van der Waals surface area contributed by atoms with Gasteiger partial charge in [-0.25, -0.2) is 14.4 Å². The number of nitrogens with zero attached hydrogens (tertiary/aromatic N) is 4. The molecule has 34 heavy (non-hydrogen) atoms. The van der Waals surface area contributed by atoms with Gasteiger partial charge < -0.3 is 20.5 Å². The van der Waals surface area contributed by atoms with Crippen molar-refractivity contribution in [3.8, 4) is 11.9 Å². The Balaban J connectivity index is 1.65. The van der Waals surface area contributed by atoms with Crippen LogP contribution in [-0.4, -0.2) is 41.0 Å². The summed E-state index contributed by atoms with van der Waals surface area (Å²) in [6, 6.07) is 6.18. The molecule has 0 radical (unpaired) electrons. The van der Waals surface area contributed by atoms with Crippen molar-refractivity contribution in [1.29, 1.82) is 5.26 Å². The van der Waals surface area contributed by atoms with Gasteiger partial charge in [0.05, 0.1) is 31.2 Å². The second-order valence-electron chi connectivity index (χ2n) is 8.46. The van der Waals surface area contributed by atoms with Gasteiger partial charge in [-0.1, -0.05) is 0 Å². The van der Waals surface area contributed by atoms with E-state index >= 15 is 4.39 Å². The summed E-state index contributed by atoms with van der Waals surface area (Å²) < 4.78 is 49.5. The Morgan fingerprint density at radius 2 is 2.15 bits per heavy atom. The largest absolute Gasteiger partial charge is 0.415 e. The third-order valence-corrected chi connectivity index (χ3v) is 6.27. The number of benzene rings is 1. The van der Waals surface area contributed by atoms with E-state index in [1.807, 2.05) is 6.92 Å². The number of amidine groups is 1. The van der Waals surface area contributed by atoms with Crippen LogP contribution in [0.3, 0.4) is 0 Å². The van der Waals surface area contributed by atoms with Crippen molar-refractivity contribution in [2.24, 2.45) is 22.1 Å². The van der Waals surface area contributed by atoms with Crippen molar-refractivity contribution in [3.63, 3.8) is 0 Å². The average molecular weight is 474 g/mol. The summed E-state index contributed by atoms with van der Waals surface area (Å²) in [6.07, 6.45) is 1.90. The van der Waals surface area contributed by atoms with Gasteiger partial charge in [0.25, 0.3) is 5.91 Å². The van der Waals surface area contributed by atoms with E-state index in [0.717, 1.165) is 12.4 Å². The second kappa shape index (κ2) is 8.57. The van der Waals surface area contributed by atoms with Crippen LogP contribution in [0.4, 0.5) is 18.9 Å². The van der Waals surface area contributed by atoms with E-state index in [9.17, 15) is 18.8 Å². The van der Waals surface area contributed by atoms with Crippen LogP contribution in [0.15, 0.2) is 35.6 Å². The lowest BCUT2D eigenvalue weighted by molar-refractivity contribution is -0.0531. The number of nitrogens with one attached hydrogen (secondary N) is 1. The highest BCUT2D eigenvalue weighted by Crippen LogP contribution is 2.52. The first-order valence-electron chi connectivity index (χ1n) is 10.3. The second-order valence-corrected chi connectivity index (χ2v) is 8.46. The summed E-state index contributed by atoms with van der Waals surface area (Å²) in [5.74, 6) is -1.92. The summed E-state index contributed by atoms with van der Waals surface area (Å²) in [5.41, 5.74) is 4.24. The Bertz CT molecular complexity index is 1190. The van der Waals surface area contributed by atoms with Crippen LogP contribution >= 0.6 is 0 Å². The quantitative estimate of drug-likeness (QED) is 0.680. The number of anilines is 1. The van der Waals surface area contributed by atoms with Gasteiger partial charge >= 0.3 is 6.61 Å². The first-order chi connectivity index (χ1) is 16.1. The smallest absolute Gasteiger partial charge is 0.388 e. The summed E-state index contributed by atoms with van der Waals surface area (Å²) in [6.45, 7) is 0.517. The molecule has 0 saturated carbocycles. The third-order valence-electron chi connectivity index (χ3n) is 6.27. The SMILES string of the molecule is CC1OC[C@]2(c3cc(NC(=O)c4cnc(OC(F)F)cn4)ccc3F)N=C(N)[C@](C)(C#N)C[C@H]12. The van der Waals surface area contributed by atoms with Crippen molar-refractivity contribution in [2.75, 3.05) is 11.9 Å². The molecule has 1 unspecified atom stereocenters. The molecule has 4 atom stereocenters. The number of carbonyl (C=O) groups excluding carboxylic acids is 1. The molecule has 2 aromatic rings. The van der Waals surface area contributed by atoms with Crippen molar-refractivity contribution in [1.82, 2.24) is 9.97 Å². The molecule has 12 heteroatoms. The normalized spacial score (nSPS) is 28.1. The molecule has 1 aromatic carbocycles. The molecule has 3 heterocycles. The van der Waals surface area contributed by atoms with Gasteiger partial charge in [-0.05, 0) is 38.5 Å². The zero-order valence-electron chi connectivity index (χ0n) is 18.3. The maximum Gasteiger partial charge on any atom is 0.388 e. The number of halogens is 3. The molecule has 0 aliphatic carbocycles. The van der Waals surface area contributed by atoms with Crippen LogP contribution in [0, 0.1) is 28.5 Å². The van der Waals surface area contributed by atoms with E-state index in [4.69, 9.17) is 10.5 Å². The lowest BCUT2D eigenvalue weighted by Gasteiger charge is -2.41. The minimum Gasteiger partial charge on any atom is -0.415 e. The van der Waals surface area contributed by atoms with Gasteiger partial charge in [-0.3, -0.25) is 9.79 Å². The van der Waals surface area contributed by atoms with E-state index in [1.165, 1.54) is 18.2 Å². The van der Waals surface area contributed by atoms with Crippen molar-refractivity contribution >= 4 is 17.4 Å². The Morgan fingerprint density at radius 3 is 2.79 bits per heavy atom. The number of nitrogens with two attached hydrogens (primary N) is 1. The van der Waals surface area contributed by atoms with E-state index < -0.39 is 35.2 Å². The number of amides is 1. The number of alkyl halides is 2. The zero-order chi connectivity index (χ0) is 24.7. The third kappa shape index (κ3) is 4.03. The first kappa shape index (κ1) is 23.4. The number of ether oxygens (including phenoxy) is 2. The lowest BCUT2D eigenvalue weighted by atomic mass is 9.67. The van der Waals surface area contributed by atoms with Gasteiger partial charge in [0, 0.05) is 17.2 Å². The fourth-order valence-electron chi connectivity index (χ4n) is 4.36. The van der Waals surface area contributed by atoms with Gasteiger partial charge in [-0.2, -0.15) is 14.0 Å². The molecule has 178 valence electrons. The Morgan fingerprint density at radius 1 is 1.38 bits per heavy atom. The molecular formula is C22H21F3N6O3. The predicted octanol–water partition coefficient (Wildman–Crippen LogP) is 2.99. The number of fused-ring (bicyclic) bond motifs is 1. The average Bonchev–Trinajstić information content (AvgIpc) is 3.11. The van der Waals surface area contributed by atoms with Crippen LogP contribution in [0.1, 0.15) is 36.3 Å². The molecule has 0 spiro atoms. The number of aliphatic imine (C=N–C) groups is 1. The number of rotatable bonds is 5.